The van der Waals surface area contributed by atoms with Crippen molar-refractivity contribution in [2.75, 3.05) is 5.32 Å². The molecule has 0 saturated carbocycles. The van der Waals surface area contributed by atoms with Crippen LogP contribution in [0.1, 0.15) is 39.8 Å². The Balaban J connectivity index is 1.73. The number of aryl methyl sites for hydroxylation is 1. The molecule has 1 aromatic heterocycles. The molecular weight excluding hydrogens is 324 g/mol. The molecule has 1 aliphatic heterocycles. The fourth-order valence-corrected chi connectivity index (χ4v) is 3.02. The lowest BCUT2D eigenvalue weighted by Crippen LogP contribution is -2.24. The Bertz CT molecular complexity index is 872. The smallest absolute Gasteiger partial charge is 0.325 e. The van der Waals surface area contributed by atoms with E-state index in [2.05, 4.69) is 15.7 Å². The van der Waals surface area contributed by atoms with E-state index in [1.165, 1.54) is 4.68 Å². The summed E-state index contributed by atoms with van der Waals surface area (Å²) in [5, 5.41) is 18.6. The second-order valence-electron chi connectivity index (χ2n) is 5.96. The first kappa shape index (κ1) is 16.7. The summed E-state index contributed by atoms with van der Waals surface area (Å²) in [6.07, 6.45) is 0.0890. The van der Waals surface area contributed by atoms with Crippen LogP contribution in [0.25, 0.3) is 0 Å². The van der Waals surface area contributed by atoms with Gasteiger partial charge in [-0.1, -0.05) is 18.2 Å². The van der Waals surface area contributed by atoms with E-state index in [-0.39, 0.29) is 30.8 Å². The van der Waals surface area contributed by atoms with E-state index in [9.17, 15) is 14.4 Å². The lowest BCUT2D eigenvalue weighted by molar-refractivity contribution is -0.137. The molecule has 0 radical (unpaired) electrons. The third kappa shape index (κ3) is 3.23. The summed E-state index contributed by atoms with van der Waals surface area (Å²) in [7, 11) is 0. The molecule has 0 fully saturated rings. The number of carboxylic acid groups (broad SMARTS) is 1. The Morgan fingerprint density at radius 3 is 2.76 bits per heavy atom. The SMILES string of the molecule is Cc1nn(CC(=O)O)c(C)c1NC(=O)CC1NC(=O)c2ccccc21. The first-order valence-electron chi connectivity index (χ1n) is 7.82. The van der Waals surface area contributed by atoms with Crippen LogP contribution in [0.5, 0.6) is 0 Å². The van der Waals surface area contributed by atoms with E-state index in [1.54, 1.807) is 26.0 Å². The van der Waals surface area contributed by atoms with Gasteiger partial charge in [-0.15, -0.1) is 0 Å². The molecule has 3 N–H and O–H groups in total. The Morgan fingerprint density at radius 2 is 2.04 bits per heavy atom. The van der Waals surface area contributed by atoms with Gasteiger partial charge in [0.25, 0.3) is 5.91 Å². The average Bonchev–Trinajstić information content (AvgIpc) is 2.99. The maximum Gasteiger partial charge on any atom is 0.325 e. The zero-order chi connectivity index (χ0) is 18.1. The molecule has 130 valence electrons. The average molecular weight is 342 g/mol. The highest BCUT2D eigenvalue weighted by Crippen LogP contribution is 2.28. The predicted molar refractivity (Wildman–Crippen MR) is 89.2 cm³/mol. The molecule has 0 spiro atoms. The van der Waals surface area contributed by atoms with Crippen LogP contribution in [0.2, 0.25) is 0 Å². The number of carbonyl (C=O) groups is 3. The number of benzene rings is 1. The van der Waals surface area contributed by atoms with Crippen molar-refractivity contribution in [2.45, 2.75) is 32.9 Å². The van der Waals surface area contributed by atoms with Crippen molar-refractivity contribution < 1.29 is 19.5 Å². The highest BCUT2D eigenvalue weighted by atomic mass is 16.4. The van der Waals surface area contributed by atoms with Crippen molar-refractivity contribution in [1.29, 1.82) is 0 Å². The second kappa shape index (κ2) is 6.39. The summed E-state index contributed by atoms with van der Waals surface area (Å²) in [5.74, 6) is -1.47. The fraction of sp³-hybridized carbons (Fsp3) is 0.294. The van der Waals surface area contributed by atoms with Gasteiger partial charge in [0, 0.05) is 5.56 Å². The van der Waals surface area contributed by atoms with E-state index < -0.39 is 5.97 Å². The summed E-state index contributed by atoms with van der Waals surface area (Å²) in [4.78, 5) is 35.2. The highest BCUT2D eigenvalue weighted by Gasteiger charge is 2.30. The number of aromatic nitrogens is 2. The molecule has 8 heteroatoms. The van der Waals surface area contributed by atoms with Gasteiger partial charge < -0.3 is 15.7 Å². The zero-order valence-corrected chi connectivity index (χ0v) is 13.9. The zero-order valence-electron chi connectivity index (χ0n) is 13.9. The van der Waals surface area contributed by atoms with Gasteiger partial charge in [-0.25, -0.2) is 0 Å². The third-order valence-electron chi connectivity index (χ3n) is 4.21. The van der Waals surface area contributed by atoms with Crippen molar-refractivity contribution in [2.24, 2.45) is 0 Å². The number of hydrogen-bond donors (Lipinski definition) is 3. The molecule has 25 heavy (non-hydrogen) atoms. The van der Waals surface area contributed by atoms with E-state index in [0.717, 1.165) is 5.56 Å². The molecule has 1 unspecified atom stereocenters. The van der Waals surface area contributed by atoms with E-state index in [1.807, 2.05) is 12.1 Å². The number of aliphatic carboxylic acids is 1. The van der Waals surface area contributed by atoms with Crippen LogP contribution >= 0.6 is 0 Å². The van der Waals surface area contributed by atoms with Crippen LogP contribution in [-0.2, 0) is 16.1 Å². The van der Waals surface area contributed by atoms with Gasteiger partial charge in [0.2, 0.25) is 5.91 Å². The number of anilines is 1. The highest BCUT2D eigenvalue weighted by molar-refractivity contribution is 6.00. The standard InChI is InChI=1S/C17H18N4O4/c1-9-16(10(2)21(20-9)8-15(23)24)19-14(22)7-13-11-5-3-4-6-12(11)17(25)18-13/h3-6,13H,7-8H2,1-2H3,(H,18,25)(H,19,22)(H,23,24). The minimum absolute atomic E-state index is 0.0890. The fourth-order valence-electron chi connectivity index (χ4n) is 3.02. The Morgan fingerprint density at radius 1 is 1.32 bits per heavy atom. The van der Waals surface area contributed by atoms with Crippen molar-refractivity contribution in [3.05, 3.63) is 46.8 Å². The summed E-state index contributed by atoms with van der Waals surface area (Å²) in [5.41, 5.74) is 3.01. The maximum absolute atomic E-state index is 12.4. The van der Waals surface area contributed by atoms with Gasteiger partial charge in [-0.05, 0) is 25.5 Å². The van der Waals surface area contributed by atoms with Gasteiger partial charge in [-0.3, -0.25) is 19.1 Å². The Labute approximate surface area is 143 Å². The molecule has 3 rings (SSSR count). The normalized spacial score (nSPS) is 15.6. The number of carboxylic acids is 1. The maximum atomic E-state index is 12.4. The summed E-state index contributed by atoms with van der Waals surface area (Å²) < 4.78 is 1.33. The van der Waals surface area contributed by atoms with E-state index in [0.29, 0.717) is 22.6 Å². The summed E-state index contributed by atoms with van der Waals surface area (Å²) in [6.45, 7) is 3.13. The second-order valence-corrected chi connectivity index (χ2v) is 5.96. The van der Waals surface area contributed by atoms with Crippen LogP contribution in [0.3, 0.4) is 0 Å². The van der Waals surface area contributed by atoms with Crippen LogP contribution < -0.4 is 10.6 Å². The number of nitrogens with one attached hydrogen (secondary N) is 2. The lowest BCUT2D eigenvalue weighted by atomic mass is 10.0. The van der Waals surface area contributed by atoms with Crippen LogP contribution in [-0.4, -0.2) is 32.7 Å². The van der Waals surface area contributed by atoms with E-state index >= 15 is 0 Å². The van der Waals surface area contributed by atoms with Crippen LogP contribution in [0, 0.1) is 13.8 Å². The predicted octanol–water partition coefficient (Wildman–Crippen LogP) is 1.40. The number of rotatable bonds is 5. The summed E-state index contributed by atoms with van der Waals surface area (Å²) in [6, 6.07) is 6.79. The first-order chi connectivity index (χ1) is 11.9. The molecule has 1 aromatic carbocycles. The molecule has 1 atom stereocenters. The Hall–Kier alpha value is -3.16. The molecule has 2 heterocycles. The van der Waals surface area contributed by atoms with Gasteiger partial charge in [0.05, 0.1) is 29.5 Å². The molecule has 0 aliphatic carbocycles. The van der Waals surface area contributed by atoms with Crippen molar-refractivity contribution in [3.63, 3.8) is 0 Å². The molecule has 2 aromatic rings. The van der Waals surface area contributed by atoms with Crippen molar-refractivity contribution in [3.8, 4) is 0 Å². The number of fused-ring (bicyclic) bond motifs is 1. The third-order valence-corrected chi connectivity index (χ3v) is 4.21. The molecule has 1 aliphatic rings. The first-order valence-corrected chi connectivity index (χ1v) is 7.82. The molecule has 2 amide bonds. The minimum Gasteiger partial charge on any atom is -0.480 e. The largest absolute Gasteiger partial charge is 0.480 e. The molecular formula is C17H18N4O4. The topological polar surface area (TPSA) is 113 Å². The van der Waals surface area contributed by atoms with Gasteiger partial charge >= 0.3 is 5.97 Å². The van der Waals surface area contributed by atoms with Gasteiger partial charge in [0.1, 0.15) is 6.54 Å². The number of hydrogen-bond acceptors (Lipinski definition) is 4. The quantitative estimate of drug-likeness (QED) is 0.760. The van der Waals surface area contributed by atoms with Crippen molar-refractivity contribution >= 4 is 23.5 Å². The van der Waals surface area contributed by atoms with Gasteiger partial charge in [0.15, 0.2) is 0 Å². The molecule has 0 bridgehead atoms. The summed E-state index contributed by atoms with van der Waals surface area (Å²) >= 11 is 0. The lowest BCUT2D eigenvalue weighted by Gasteiger charge is -2.12. The number of amides is 2. The Kier molecular flexibility index (Phi) is 4.26. The minimum atomic E-state index is -1.01. The van der Waals surface area contributed by atoms with Crippen molar-refractivity contribution in [1.82, 2.24) is 15.1 Å². The monoisotopic (exact) mass is 342 g/mol. The molecule has 0 saturated heterocycles. The van der Waals surface area contributed by atoms with E-state index in [4.69, 9.17) is 5.11 Å². The van der Waals surface area contributed by atoms with Crippen LogP contribution in [0.4, 0.5) is 5.69 Å². The number of nitrogens with zero attached hydrogens (tertiary/aromatic N) is 2. The van der Waals surface area contributed by atoms with Crippen LogP contribution in [0.15, 0.2) is 24.3 Å². The molecule has 8 nitrogen and oxygen atoms in total. The number of carbonyl (C=O) groups excluding carboxylic acids is 2. The van der Waals surface area contributed by atoms with Gasteiger partial charge in [-0.2, -0.15) is 5.10 Å².